The molecule has 0 aromatic heterocycles. The Kier molecular flexibility index (Phi) is 5.29. The highest BCUT2D eigenvalue weighted by atomic mass is 16.7. The number of carbonyl (C=O) groups is 2. The predicted octanol–water partition coefficient (Wildman–Crippen LogP) is 3.99. The van der Waals surface area contributed by atoms with Gasteiger partial charge in [-0.15, -0.1) is 0 Å². The molecule has 29 heavy (non-hydrogen) atoms. The van der Waals surface area contributed by atoms with Gasteiger partial charge in [-0.3, -0.25) is 4.79 Å². The number of urea groups is 1. The monoisotopic (exact) mass is 389 g/mol. The molecule has 146 valence electrons. The number of nitrogens with one attached hydrogen (secondary N) is 3. The highest BCUT2D eigenvalue weighted by molar-refractivity contribution is 6.00. The van der Waals surface area contributed by atoms with E-state index in [1.807, 2.05) is 36.4 Å². The van der Waals surface area contributed by atoms with Crippen LogP contribution in [0.25, 0.3) is 0 Å². The van der Waals surface area contributed by atoms with E-state index in [9.17, 15) is 9.59 Å². The lowest BCUT2D eigenvalue weighted by Gasteiger charge is -2.09. The highest BCUT2D eigenvalue weighted by Gasteiger charge is 2.13. The summed E-state index contributed by atoms with van der Waals surface area (Å²) in [6.07, 6.45) is 0. The molecule has 1 heterocycles. The molecule has 3 aromatic carbocycles. The zero-order chi connectivity index (χ0) is 20.1. The number of anilines is 2. The van der Waals surface area contributed by atoms with Crippen molar-refractivity contribution in [3.8, 4) is 11.5 Å². The molecule has 0 unspecified atom stereocenters. The Balaban J connectivity index is 1.30. The number of benzene rings is 3. The fourth-order valence-corrected chi connectivity index (χ4v) is 2.86. The van der Waals surface area contributed by atoms with Gasteiger partial charge in [-0.05, 0) is 54.1 Å². The van der Waals surface area contributed by atoms with Crippen molar-refractivity contribution in [2.75, 3.05) is 17.4 Å². The van der Waals surface area contributed by atoms with Gasteiger partial charge in [-0.2, -0.15) is 0 Å². The highest BCUT2D eigenvalue weighted by Crippen LogP contribution is 2.32. The number of fused-ring (bicyclic) bond motifs is 1. The Hall–Kier alpha value is -4.00. The summed E-state index contributed by atoms with van der Waals surface area (Å²) >= 11 is 0. The molecule has 1 aliphatic rings. The van der Waals surface area contributed by atoms with Crippen molar-refractivity contribution >= 4 is 23.3 Å². The summed E-state index contributed by atoms with van der Waals surface area (Å²) in [4.78, 5) is 24.4. The fraction of sp³-hybridized carbons (Fsp3) is 0.0909. The first kappa shape index (κ1) is 18.4. The van der Waals surface area contributed by atoms with Crippen LogP contribution in [0.15, 0.2) is 72.8 Å². The summed E-state index contributed by atoms with van der Waals surface area (Å²) < 4.78 is 10.6. The lowest BCUT2D eigenvalue weighted by Crippen LogP contribution is -2.23. The van der Waals surface area contributed by atoms with Gasteiger partial charge in [0.1, 0.15) is 0 Å². The van der Waals surface area contributed by atoms with Crippen LogP contribution in [-0.4, -0.2) is 18.7 Å². The average molecular weight is 389 g/mol. The van der Waals surface area contributed by atoms with Crippen molar-refractivity contribution in [1.82, 2.24) is 5.32 Å². The van der Waals surface area contributed by atoms with E-state index in [0.29, 0.717) is 35.0 Å². The van der Waals surface area contributed by atoms with Crippen molar-refractivity contribution in [3.05, 3.63) is 83.9 Å². The van der Waals surface area contributed by atoms with E-state index in [0.717, 1.165) is 5.56 Å². The second-order valence-electron chi connectivity index (χ2n) is 6.39. The number of para-hydroxylation sites is 1. The fourth-order valence-electron chi connectivity index (χ4n) is 2.86. The molecular weight excluding hydrogens is 370 g/mol. The maximum atomic E-state index is 12.4. The van der Waals surface area contributed by atoms with Crippen LogP contribution >= 0.6 is 0 Å². The molecule has 3 amide bonds. The molecule has 0 fully saturated rings. The van der Waals surface area contributed by atoms with Crippen LogP contribution in [-0.2, 0) is 6.54 Å². The van der Waals surface area contributed by atoms with Crippen molar-refractivity contribution in [3.63, 3.8) is 0 Å². The van der Waals surface area contributed by atoms with Crippen LogP contribution in [0.2, 0.25) is 0 Å². The summed E-state index contributed by atoms with van der Waals surface area (Å²) in [5.74, 6) is 1.18. The van der Waals surface area contributed by atoms with E-state index >= 15 is 0 Å². The molecule has 1 aliphatic heterocycles. The van der Waals surface area contributed by atoms with Crippen LogP contribution in [0.1, 0.15) is 15.9 Å². The van der Waals surface area contributed by atoms with Gasteiger partial charge in [0.2, 0.25) is 6.79 Å². The average Bonchev–Trinajstić information content (AvgIpc) is 3.21. The molecule has 0 saturated heterocycles. The molecule has 0 spiro atoms. The molecule has 0 aliphatic carbocycles. The quantitative estimate of drug-likeness (QED) is 0.616. The maximum Gasteiger partial charge on any atom is 0.323 e. The molecule has 7 heteroatoms. The number of carbonyl (C=O) groups excluding carboxylic acids is 2. The third kappa shape index (κ3) is 4.65. The number of rotatable bonds is 5. The van der Waals surface area contributed by atoms with Gasteiger partial charge in [0.05, 0.1) is 0 Å². The summed E-state index contributed by atoms with van der Waals surface area (Å²) in [6.45, 7) is 0.587. The molecule has 0 atom stereocenters. The third-order valence-corrected chi connectivity index (χ3v) is 4.33. The van der Waals surface area contributed by atoms with E-state index in [2.05, 4.69) is 16.0 Å². The Morgan fingerprint density at radius 1 is 0.793 bits per heavy atom. The lowest BCUT2D eigenvalue weighted by molar-refractivity contribution is 0.0951. The Morgan fingerprint density at radius 3 is 2.24 bits per heavy atom. The molecule has 3 aromatic rings. The van der Waals surface area contributed by atoms with Crippen molar-refractivity contribution in [1.29, 1.82) is 0 Å². The molecule has 0 bridgehead atoms. The second-order valence-corrected chi connectivity index (χ2v) is 6.39. The van der Waals surface area contributed by atoms with Crippen LogP contribution in [0.5, 0.6) is 11.5 Å². The number of amides is 3. The molecule has 4 rings (SSSR count). The minimum absolute atomic E-state index is 0.206. The third-order valence-electron chi connectivity index (χ3n) is 4.33. The topological polar surface area (TPSA) is 88.7 Å². The van der Waals surface area contributed by atoms with Gasteiger partial charge in [-0.25, -0.2) is 4.79 Å². The largest absolute Gasteiger partial charge is 0.454 e. The molecule has 3 N–H and O–H groups in total. The van der Waals surface area contributed by atoms with Gasteiger partial charge in [0.15, 0.2) is 11.5 Å². The van der Waals surface area contributed by atoms with E-state index in [4.69, 9.17) is 9.47 Å². The first-order valence-electron chi connectivity index (χ1n) is 9.07. The Bertz CT molecular complexity index is 1020. The standard InChI is InChI=1S/C22H19N3O4/c26-21(23-13-15-6-11-19-20(12-15)29-14-28-19)16-7-9-18(10-8-16)25-22(27)24-17-4-2-1-3-5-17/h1-12H,13-14H2,(H,23,26)(H2,24,25,27). The molecular formula is C22H19N3O4. The first-order valence-corrected chi connectivity index (χ1v) is 9.07. The van der Waals surface area contributed by atoms with Crippen LogP contribution in [0, 0.1) is 0 Å². The first-order chi connectivity index (χ1) is 14.2. The van der Waals surface area contributed by atoms with Crippen molar-refractivity contribution in [2.45, 2.75) is 6.54 Å². The van der Waals surface area contributed by atoms with E-state index in [1.165, 1.54) is 0 Å². The summed E-state index contributed by atoms with van der Waals surface area (Å²) in [5, 5.41) is 8.33. The van der Waals surface area contributed by atoms with Crippen molar-refractivity contribution < 1.29 is 19.1 Å². The van der Waals surface area contributed by atoms with Crippen LogP contribution in [0.4, 0.5) is 16.2 Å². The zero-order valence-electron chi connectivity index (χ0n) is 15.5. The smallest absolute Gasteiger partial charge is 0.323 e. The van der Waals surface area contributed by atoms with Gasteiger partial charge < -0.3 is 25.4 Å². The minimum Gasteiger partial charge on any atom is -0.454 e. The molecule has 7 nitrogen and oxygen atoms in total. The predicted molar refractivity (Wildman–Crippen MR) is 109 cm³/mol. The summed E-state index contributed by atoms with van der Waals surface area (Å²) in [5.41, 5.74) is 2.70. The minimum atomic E-state index is -0.351. The second kappa shape index (κ2) is 8.35. The number of ether oxygens (including phenoxy) is 2. The maximum absolute atomic E-state index is 12.4. The SMILES string of the molecule is O=C(Nc1ccccc1)Nc1ccc(C(=O)NCc2ccc3c(c2)OCO3)cc1. The number of hydrogen-bond donors (Lipinski definition) is 3. The van der Waals surface area contributed by atoms with Gasteiger partial charge in [0, 0.05) is 23.5 Å². The van der Waals surface area contributed by atoms with Crippen LogP contribution < -0.4 is 25.4 Å². The lowest BCUT2D eigenvalue weighted by atomic mass is 10.1. The van der Waals surface area contributed by atoms with E-state index in [1.54, 1.807) is 36.4 Å². The summed E-state index contributed by atoms with van der Waals surface area (Å²) in [6, 6.07) is 21.0. The normalized spacial score (nSPS) is 11.6. The molecule has 0 radical (unpaired) electrons. The van der Waals surface area contributed by atoms with Gasteiger partial charge >= 0.3 is 6.03 Å². The summed E-state index contributed by atoms with van der Waals surface area (Å²) in [7, 11) is 0. The van der Waals surface area contributed by atoms with Crippen LogP contribution in [0.3, 0.4) is 0 Å². The van der Waals surface area contributed by atoms with Gasteiger partial charge in [0.25, 0.3) is 5.91 Å². The zero-order valence-corrected chi connectivity index (χ0v) is 15.5. The Morgan fingerprint density at radius 2 is 1.48 bits per heavy atom. The van der Waals surface area contributed by atoms with E-state index < -0.39 is 0 Å². The van der Waals surface area contributed by atoms with Gasteiger partial charge in [-0.1, -0.05) is 24.3 Å². The number of hydrogen-bond acceptors (Lipinski definition) is 4. The van der Waals surface area contributed by atoms with E-state index in [-0.39, 0.29) is 18.7 Å². The molecule has 0 saturated carbocycles. The van der Waals surface area contributed by atoms with Crippen molar-refractivity contribution in [2.24, 2.45) is 0 Å². The Labute approximate surface area is 167 Å².